The van der Waals surface area contributed by atoms with Gasteiger partial charge in [0, 0.05) is 11.8 Å². The third kappa shape index (κ3) is 3.11. The van der Waals surface area contributed by atoms with E-state index in [0.29, 0.717) is 11.1 Å². The Bertz CT molecular complexity index is 672. The molecule has 0 radical (unpaired) electrons. The monoisotopic (exact) mass is 283 g/mol. The normalized spacial score (nSPS) is 11.2. The minimum Gasteiger partial charge on any atom is -0.370 e. The molecule has 0 spiro atoms. The van der Waals surface area contributed by atoms with Gasteiger partial charge >= 0.3 is 0 Å². The van der Waals surface area contributed by atoms with Crippen LogP contribution in [0.3, 0.4) is 0 Å². The molecule has 4 N–H and O–H groups in total. The number of rotatable bonds is 2. The van der Waals surface area contributed by atoms with Gasteiger partial charge in [0.2, 0.25) is 0 Å². The van der Waals surface area contributed by atoms with Crippen LogP contribution in [0.2, 0.25) is 0 Å². The van der Waals surface area contributed by atoms with E-state index >= 15 is 0 Å². The third-order valence-corrected chi connectivity index (χ3v) is 4.26. The molecule has 0 aliphatic carbocycles. The number of nitrogens with zero attached hydrogens (tertiary/aromatic N) is 1. The second-order valence-electron chi connectivity index (χ2n) is 4.41. The lowest BCUT2D eigenvalue weighted by atomic mass is 9.98. The number of hydrogen-bond donors (Lipinski definition) is 2. The zero-order valence-corrected chi connectivity index (χ0v) is 12.1. The fourth-order valence-corrected chi connectivity index (χ4v) is 2.84. The number of hydrogen-bond acceptors (Lipinski definition) is 3. The van der Waals surface area contributed by atoms with Crippen LogP contribution in [0.5, 0.6) is 0 Å². The Labute approximate surface area is 112 Å². The van der Waals surface area contributed by atoms with Gasteiger partial charge in [-0.05, 0) is 43.5 Å². The summed E-state index contributed by atoms with van der Waals surface area (Å²) in [5, 5.41) is 0. The molecule has 19 heavy (non-hydrogen) atoms. The van der Waals surface area contributed by atoms with Gasteiger partial charge in [0.05, 0.1) is 4.90 Å². The minimum atomic E-state index is -3.42. The molecule has 1 amide bonds. The van der Waals surface area contributed by atoms with Crippen LogP contribution in [0, 0.1) is 20.8 Å². The van der Waals surface area contributed by atoms with E-state index in [0.717, 1.165) is 11.8 Å². The van der Waals surface area contributed by atoms with Crippen molar-refractivity contribution >= 4 is 21.7 Å². The third-order valence-electron chi connectivity index (χ3n) is 3.03. The van der Waals surface area contributed by atoms with E-state index in [1.54, 1.807) is 20.8 Å². The molecule has 7 heteroatoms. The zero-order chi connectivity index (χ0) is 15.0. The van der Waals surface area contributed by atoms with Gasteiger partial charge in [0.15, 0.2) is 15.8 Å². The van der Waals surface area contributed by atoms with E-state index in [2.05, 4.69) is 4.99 Å². The maximum absolute atomic E-state index is 11.9. The van der Waals surface area contributed by atoms with Crippen LogP contribution < -0.4 is 11.5 Å². The van der Waals surface area contributed by atoms with Gasteiger partial charge in [0.25, 0.3) is 5.91 Å². The van der Waals surface area contributed by atoms with Crippen LogP contribution in [0.4, 0.5) is 0 Å². The molecule has 0 saturated carbocycles. The zero-order valence-electron chi connectivity index (χ0n) is 11.3. The first-order valence-electron chi connectivity index (χ1n) is 5.50. The molecule has 0 unspecified atom stereocenters. The number of nitrogens with two attached hydrogens (primary N) is 2. The summed E-state index contributed by atoms with van der Waals surface area (Å²) >= 11 is 0. The number of guanidine groups is 1. The maximum atomic E-state index is 11.9. The highest BCUT2D eigenvalue weighted by Gasteiger charge is 2.19. The smallest absolute Gasteiger partial charge is 0.280 e. The van der Waals surface area contributed by atoms with Crippen molar-refractivity contribution in [3.05, 3.63) is 28.3 Å². The fourth-order valence-electron chi connectivity index (χ4n) is 1.80. The van der Waals surface area contributed by atoms with Gasteiger partial charge in [-0.3, -0.25) is 4.79 Å². The van der Waals surface area contributed by atoms with Crippen LogP contribution >= 0.6 is 0 Å². The van der Waals surface area contributed by atoms with Gasteiger partial charge < -0.3 is 11.5 Å². The number of amides is 1. The van der Waals surface area contributed by atoms with Crippen molar-refractivity contribution in [3.8, 4) is 0 Å². The molecule has 104 valence electrons. The molecule has 0 heterocycles. The maximum Gasteiger partial charge on any atom is 0.280 e. The number of sulfone groups is 1. The van der Waals surface area contributed by atoms with Crippen molar-refractivity contribution in [2.45, 2.75) is 25.7 Å². The molecule has 0 bridgehead atoms. The minimum absolute atomic E-state index is 0.116. The van der Waals surface area contributed by atoms with Crippen molar-refractivity contribution in [2.75, 3.05) is 6.26 Å². The molecule has 0 aliphatic rings. The molecule has 1 aromatic carbocycles. The van der Waals surface area contributed by atoms with Crippen LogP contribution in [0.25, 0.3) is 0 Å². The second kappa shape index (κ2) is 5.00. The number of benzene rings is 1. The molecule has 0 aliphatic heterocycles. The van der Waals surface area contributed by atoms with Crippen LogP contribution in [-0.4, -0.2) is 26.5 Å². The molecule has 0 saturated heterocycles. The molecule has 1 aromatic rings. The first-order valence-corrected chi connectivity index (χ1v) is 7.39. The Kier molecular flexibility index (Phi) is 4.00. The van der Waals surface area contributed by atoms with E-state index < -0.39 is 15.7 Å². The highest BCUT2D eigenvalue weighted by atomic mass is 32.2. The lowest BCUT2D eigenvalue weighted by Gasteiger charge is -2.13. The van der Waals surface area contributed by atoms with Crippen LogP contribution in [0.15, 0.2) is 16.0 Å². The van der Waals surface area contributed by atoms with Crippen LogP contribution in [-0.2, 0) is 9.84 Å². The van der Waals surface area contributed by atoms with Crippen molar-refractivity contribution in [1.82, 2.24) is 0 Å². The van der Waals surface area contributed by atoms with E-state index in [1.807, 2.05) is 0 Å². The van der Waals surface area contributed by atoms with Gasteiger partial charge in [-0.2, -0.15) is 4.99 Å². The summed E-state index contributed by atoms with van der Waals surface area (Å²) < 4.78 is 23.4. The lowest BCUT2D eigenvalue weighted by molar-refractivity contribution is 0.100. The predicted octanol–water partition coefficient (Wildman–Crippen LogP) is 0.429. The largest absolute Gasteiger partial charge is 0.370 e. The first kappa shape index (κ1) is 15.2. The standard InChI is InChI=1S/C12H17N3O3S/c1-6-7(2)9(11(16)15-12(13)14)5-10(8(6)3)19(4,17)18/h5H,1-4H3,(H4,13,14,15,16). The van der Waals surface area contributed by atoms with Gasteiger partial charge in [0.1, 0.15) is 0 Å². The summed E-state index contributed by atoms with van der Waals surface area (Å²) in [6.07, 6.45) is 1.10. The summed E-state index contributed by atoms with van der Waals surface area (Å²) in [6.45, 7) is 5.18. The highest BCUT2D eigenvalue weighted by molar-refractivity contribution is 7.90. The number of carbonyl (C=O) groups is 1. The Morgan fingerprint density at radius 1 is 1.11 bits per heavy atom. The topological polar surface area (TPSA) is 116 Å². The van der Waals surface area contributed by atoms with E-state index in [1.165, 1.54) is 6.07 Å². The van der Waals surface area contributed by atoms with Crippen molar-refractivity contribution in [3.63, 3.8) is 0 Å². The summed E-state index contributed by atoms with van der Waals surface area (Å²) in [6, 6.07) is 1.32. The SMILES string of the molecule is Cc1c(C(=O)N=C(N)N)cc(S(C)(=O)=O)c(C)c1C. The summed E-state index contributed by atoms with van der Waals surface area (Å²) in [4.78, 5) is 15.4. The van der Waals surface area contributed by atoms with Crippen LogP contribution in [0.1, 0.15) is 27.0 Å². The molecule has 0 atom stereocenters. The molecule has 0 fully saturated rings. The predicted molar refractivity (Wildman–Crippen MR) is 73.9 cm³/mol. The quantitative estimate of drug-likeness (QED) is 0.603. The summed E-state index contributed by atoms with van der Waals surface area (Å²) in [5.74, 6) is -1.01. The van der Waals surface area contributed by atoms with Gasteiger partial charge in [-0.1, -0.05) is 0 Å². The second-order valence-corrected chi connectivity index (χ2v) is 6.40. The molecular weight excluding hydrogens is 266 g/mol. The number of aliphatic imine (C=N–C) groups is 1. The number of carbonyl (C=O) groups excluding carboxylic acids is 1. The van der Waals surface area contributed by atoms with Crippen molar-refractivity contribution < 1.29 is 13.2 Å². The Hall–Kier alpha value is -1.89. The van der Waals surface area contributed by atoms with E-state index in [4.69, 9.17) is 11.5 Å². The fraction of sp³-hybridized carbons (Fsp3) is 0.333. The molecule has 6 nitrogen and oxygen atoms in total. The Morgan fingerprint density at radius 3 is 2.05 bits per heavy atom. The van der Waals surface area contributed by atoms with Gasteiger partial charge in [-0.25, -0.2) is 8.42 Å². The Balaban J connectivity index is 3.65. The molecule has 0 aromatic heterocycles. The lowest BCUT2D eigenvalue weighted by Crippen LogP contribution is -2.24. The van der Waals surface area contributed by atoms with E-state index in [-0.39, 0.29) is 16.4 Å². The van der Waals surface area contributed by atoms with Crippen molar-refractivity contribution in [1.29, 1.82) is 0 Å². The average molecular weight is 283 g/mol. The summed E-state index contributed by atoms with van der Waals surface area (Å²) in [7, 11) is -3.42. The van der Waals surface area contributed by atoms with Gasteiger partial charge in [-0.15, -0.1) is 0 Å². The Morgan fingerprint density at radius 2 is 1.63 bits per heavy atom. The molecule has 1 rings (SSSR count). The first-order chi connectivity index (χ1) is 8.55. The summed E-state index contributed by atoms with van der Waals surface area (Å²) in [5.41, 5.74) is 12.5. The molecular formula is C12H17N3O3S. The average Bonchev–Trinajstić information content (AvgIpc) is 2.23. The highest BCUT2D eigenvalue weighted by Crippen LogP contribution is 2.25. The van der Waals surface area contributed by atoms with E-state index in [9.17, 15) is 13.2 Å². The van der Waals surface area contributed by atoms with Crippen molar-refractivity contribution in [2.24, 2.45) is 16.5 Å².